The standard InChI is InChI=1S/C14H17Br3O2/c1-4-14(2)12(17)7-13(14)19-11-6-8(15)10(18-3)5-9(11)16/h5-6,12-13H,4,7H2,1-3H3. The lowest BCUT2D eigenvalue weighted by molar-refractivity contribution is -0.0248. The summed E-state index contributed by atoms with van der Waals surface area (Å²) in [4.78, 5) is 0.537. The van der Waals surface area contributed by atoms with E-state index in [9.17, 15) is 0 Å². The molecule has 1 aromatic rings. The molecule has 2 nitrogen and oxygen atoms in total. The Morgan fingerprint density at radius 1 is 1.26 bits per heavy atom. The normalized spacial score (nSPS) is 29.8. The van der Waals surface area contributed by atoms with E-state index in [1.807, 2.05) is 12.1 Å². The van der Waals surface area contributed by atoms with Crippen LogP contribution in [0.4, 0.5) is 0 Å². The number of hydrogen-bond acceptors (Lipinski definition) is 2. The van der Waals surface area contributed by atoms with Crippen molar-refractivity contribution in [2.24, 2.45) is 5.41 Å². The molecule has 0 aromatic heterocycles. The van der Waals surface area contributed by atoms with Gasteiger partial charge >= 0.3 is 0 Å². The molecule has 0 amide bonds. The van der Waals surface area contributed by atoms with Gasteiger partial charge in [0, 0.05) is 10.2 Å². The monoisotopic (exact) mass is 454 g/mol. The minimum absolute atomic E-state index is 0.200. The quantitative estimate of drug-likeness (QED) is 0.553. The summed E-state index contributed by atoms with van der Waals surface area (Å²) in [6.45, 7) is 4.48. The van der Waals surface area contributed by atoms with Gasteiger partial charge in [-0.25, -0.2) is 0 Å². The Kier molecular flexibility index (Phi) is 4.89. The molecular formula is C14H17Br3O2. The first-order valence-electron chi connectivity index (χ1n) is 6.26. The molecule has 0 saturated heterocycles. The minimum Gasteiger partial charge on any atom is -0.496 e. The Labute approximate surface area is 139 Å². The van der Waals surface area contributed by atoms with Crippen molar-refractivity contribution >= 4 is 47.8 Å². The fourth-order valence-corrected chi connectivity index (χ4v) is 4.17. The molecule has 0 heterocycles. The molecule has 1 fully saturated rings. The third-order valence-electron chi connectivity index (χ3n) is 4.11. The molecule has 3 unspecified atom stereocenters. The zero-order chi connectivity index (χ0) is 14.2. The molecule has 5 heteroatoms. The molecule has 0 spiro atoms. The average molecular weight is 457 g/mol. The summed E-state index contributed by atoms with van der Waals surface area (Å²) in [5, 5.41) is 0. The maximum Gasteiger partial charge on any atom is 0.135 e. The Hall–Kier alpha value is 0.260. The van der Waals surface area contributed by atoms with Crippen LogP contribution in [0.1, 0.15) is 26.7 Å². The first-order valence-corrected chi connectivity index (χ1v) is 8.76. The second kappa shape index (κ2) is 5.94. The highest BCUT2D eigenvalue weighted by molar-refractivity contribution is 9.11. The van der Waals surface area contributed by atoms with Gasteiger partial charge in [0.1, 0.15) is 17.6 Å². The van der Waals surface area contributed by atoms with Crippen LogP contribution in [-0.4, -0.2) is 18.0 Å². The van der Waals surface area contributed by atoms with Crippen molar-refractivity contribution in [3.05, 3.63) is 21.1 Å². The van der Waals surface area contributed by atoms with E-state index in [4.69, 9.17) is 9.47 Å². The van der Waals surface area contributed by atoms with Gasteiger partial charge in [-0.05, 0) is 56.8 Å². The van der Waals surface area contributed by atoms with Crippen LogP contribution in [0.5, 0.6) is 11.5 Å². The lowest BCUT2D eigenvalue weighted by atomic mass is 9.65. The number of halogens is 3. The van der Waals surface area contributed by atoms with Crippen molar-refractivity contribution in [3.8, 4) is 11.5 Å². The van der Waals surface area contributed by atoms with E-state index in [1.54, 1.807) is 7.11 Å². The van der Waals surface area contributed by atoms with Crippen molar-refractivity contribution in [1.82, 2.24) is 0 Å². The van der Waals surface area contributed by atoms with Crippen LogP contribution in [0.25, 0.3) is 0 Å². The van der Waals surface area contributed by atoms with Gasteiger partial charge in [0.2, 0.25) is 0 Å². The van der Waals surface area contributed by atoms with E-state index >= 15 is 0 Å². The van der Waals surface area contributed by atoms with E-state index in [2.05, 4.69) is 61.6 Å². The molecule has 0 N–H and O–H groups in total. The molecule has 1 aromatic carbocycles. The molecule has 1 aliphatic rings. The van der Waals surface area contributed by atoms with Gasteiger partial charge < -0.3 is 9.47 Å². The second-order valence-electron chi connectivity index (χ2n) is 5.09. The SMILES string of the molecule is CCC1(C)C(Br)CC1Oc1cc(Br)c(OC)cc1Br. The van der Waals surface area contributed by atoms with Crippen LogP contribution in [0.2, 0.25) is 0 Å². The predicted molar refractivity (Wildman–Crippen MR) is 88.5 cm³/mol. The molecule has 1 aliphatic carbocycles. The summed E-state index contributed by atoms with van der Waals surface area (Å²) in [5.41, 5.74) is 0.200. The summed E-state index contributed by atoms with van der Waals surface area (Å²) in [6.07, 6.45) is 2.39. The molecule has 1 saturated carbocycles. The second-order valence-corrected chi connectivity index (χ2v) is 7.90. The van der Waals surface area contributed by atoms with Crippen LogP contribution in [0.15, 0.2) is 21.1 Å². The number of methoxy groups -OCH3 is 1. The summed E-state index contributed by atoms with van der Waals surface area (Å²) in [5.74, 6) is 1.65. The van der Waals surface area contributed by atoms with Gasteiger partial charge in [0.25, 0.3) is 0 Å². The number of benzene rings is 1. The van der Waals surface area contributed by atoms with Gasteiger partial charge in [0.15, 0.2) is 0 Å². The highest BCUT2D eigenvalue weighted by atomic mass is 79.9. The highest BCUT2D eigenvalue weighted by Gasteiger charge is 2.51. The molecule has 3 atom stereocenters. The average Bonchev–Trinajstić information content (AvgIpc) is 2.40. The summed E-state index contributed by atoms with van der Waals surface area (Å²) < 4.78 is 13.3. The van der Waals surface area contributed by atoms with Gasteiger partial charge in [-0.15, -0.1) is 0 Å². The summed E-state index contributed by atoms with van der Waals surface area (Å²) in [7, 11) is 1.66. The summed E-state index contributed by atoms with van der Waals surface area (Å²) in [6, 6.07) is 3.88. The first kappa shape index (κ1) is 15.6. The summed E-state index contributed by atoms with van der Waals surface area (Å²) >= 11 is 10.8. The molecule has 0 bridgehead atoms. The molecule has 106 valence electrons. The van der Waals surface area contributed by atoms with Gasteiger partial charge in [-0.3, -0.25) is 0 Å². The van der Waals surface area contributed by atoms with Crippen LogP contribution in [0, 0.1) is 5.41 Å². The molecule has 19 heavy (non-hydrogen) atoms. The lowest BCUT2D eigenvalue weighted by Crippen LogP contribution is -2.54. The van der Waals surface area contributed by atoms with E-state index in [0.29, 0.717) is 4.83 Å². The highest BCUT2D eigenvalue weighted by Crippen LogP contribution is 2.51. The smallest absolute Gasteiger partial charge is 0.135 e. The van der Waals surface area contributed by atoms with Crippen molar-refractivity contribution in [3.63, 3.8) is 0 Å². The van der Waals surface area contributed by atoms with Crippen LogP contribution >= 0.6 is 47.8 Å². The maximum absolute atomic E-state index is 6.18. The Morgan fingerprint density at radius 2 is 1.84 bits per heavy atom. The van der Waals surface area contributed by atoms with Crippen LogP contribution in [-0.2, 0) is 0 Å². The molecule has 0 radical (unpaired) electrons. The van der Waals surface area contributed by atoms with Crippen molar-refractivity contribution in [1.29, 1.82) is 0 Å². The van der Waals surface area contributed by atoms with Crippen LogP contribution in [0.3, 0.4) is 0 Å². The third kappa shape index (κ3) is 2.84. The largest absolute Gasteiger partial charge is 0.496 e. The number of hydrogen-bond donors (Lipinski definition) is 0. The van der Waals surface area contributed by atoms with Crippen molar-refractivity contribution < 1.29 is 9.47 Å². The lowest BCUT2D eigenvalue weighted by Gasteiger charge is -2.50. The maximum atomic E-state index is 6.18. The van der Waals surface area contributed by atoms with E-state index in [-0.39, 0.29) is 11.5 Å². The molecular weight excluding hydrogens is 440 g/mol. The van der Waals surface area contributed by atoms with E-state index < -0.39 is 0 Å². The Bertz CT molecular complexity index is 478. The van der Waals surface area contributed by atoms with Gasteiger partial charge in [-0.2, -0.15) is 0 Å². The molecule has 2 rings (SSSR count). The number of alkyl halides is 1. The zero-order valence-electron chi connectivity index (χ0n) is 11.2. The van der Waals surface area contributed by atoms with Gasteiger partial charge in [0.05, 0.1) is 16.1 Å². The fraction of sp³-hybridized carbons (Fsp3) is 0.571. The first-order chi connectivity index (χ1) is 8.92. The molecule has 0 aliphatic heterocycles. The zero-order valence-corrected chi connectivity index (χ0v) is 15.9. The van der Waals surface area contributed by atoms with Gasteiger partial charge in [-0.1, -0.05) is 29.8 Å². The fourth-order valence-electron chi connectivity index (χ4n) is 2.31. The van der Waals surface area contributed by atoms with Crippen molar-refractivity contribution in [2.75, 3.05) is 7.11 Å². The third-order valence-corrected chi connectivity index (χ3v) is 6.77. The predicted octanol–water partition coefficient (Wildman–Crippen LogP) is 5.55. The van der Waals surface area contributed by atoms with E-state index in [1.165, 1.54) is 0 Å². The van der Waals surface area contributed by atoms with E-state index in [0.717, 1.165) is 33.3 Å². The number of rotatable bonds is 4. The van der Waals surface area contributed by atoms with Crippen LogP contribution < -0.4 is 9.47 Å². The van der Waals surface area contributed by atoms with Crippen molar-refractivity contribution in [2.45, 2.75) is 37.6 Å². The minimum atomic E-state index is 0.200. The topological polar surface area (TPSA) is 18.5 Å². The number of ether oxygens (including phenoxy) is 2. The Balaban J connectivity index is 2.19. The Morgan fingerprint density at radius 3 is 2.37 bits per heavy atom.